The zero-order valence-corrected chi connectivity index (χ0v) is 21.8. The summed E-state index contributed by atoms with van der Waals surface area (Å²) in [4.78, 5) is 2.54. The van der Waals surface area contributed by atoms with Gasteiger partial charge < -0.3 is 28.6 Å². The average molecular weight is 496 g/mol. The van der Waals surface area contributed by atoms with Crippen molar-refractivity contribution < 1.29 is 23.7 Å². The van der Waals surface area contributed by atoms with Crippen LogP contribution in [0.5, 0.6) is 11.5 Å². The van der Waals surface area contributed by atoms with Gasteiger partial charge in [-0.25, -0.2) is 4.52 Å². The van der Waals surface area contributed by atoms with Crippen molar-refractivity contribution in [1.82, 2.24) is 9.61 Å². The summed E-state index contributed by atoms with van der Waals surface area (Å²) in [5.41, 5.74) is 5.91. The molecule has 1 aliphatic carbocycles. The van der Waals surface area contributed by atoms with Crippen LogP contribution in [0.25, 0.3) is 16.8 Å². The van der Waals surface area contributed by atoms with Gasteiger partial charge in [-0.1, -0.05) is 6.07 Å². The number of aromatic nitrogens is 2. The zero-order valence-electron chi connectivity index (χ0n) is 21.8. The molecule has 0 amide bonds. The normalized spacial score (nSPS) is 17.6. The van der Waals surface area contributed by atoms with Gasteiger partial charge in [0.2, 0.25) is 0 Å². The maximum absolute atomic E-state index is 5.83. The molecule has 2 fully saturated rings. The first kappa shape index (κ1) is 24.9. The van der Waals surface area contributed by atoms with E-state index in [2.05, 4.69) is 23.1 Å². The van der Waals surface area contributed by atoms with E-state index in [1.54, 1.807) is 28.4 Å². The predicted molar refractivity (Wildman–Crippen MR) is 139 cm³/mol. The van der Waals surface area contributed by atoms with Crippen molar-refractivity contribution in [1.29, 1.82) is 0 Å². The number of rotatable bonds is 12. The van der Waals surface area contributed by atoms with E-state index in [-0.39, 0.29) is 0 Å². The highest BCUT2D eigenvalue weighted by molar-refractivity contribution is 5.82. The van der Waals surface area contributed by atoms with E-state index >= 15 is 0 Å². The highest BCUT2D eigenvalue weighted by Crippen LogP contribution is 2.42. The van der Waals surface area contributed by atoms with Crippen LogP contribution in [0.4, 0.5) is 5.69 Å². The predicted octanol–water partition coefficient (Wildman–Crippen LogP) is 4.56. The molecule has 0 spiro atoms. The van der Waals surface area contributed by atoms with Crippen molar-refractivity contribution in [2.24, 2.45) is 11.8 Å². The molecule has 2 aliphatic rings. The van der Waals surface area contributed by atoms with Crippen LogP contribution in [0.15, 0.2) is 30.3 Å². The van der Waals surface area contributed by atoms with Crippen LogP contribution >= 0.6 is 0 Å². The van der Waals surface area contributed by atoms with Crippen LogP contribution in [0.3, 0.4) is 0 Å². The summed E-state index contributed by atoms with van der Waals surface area (Å²) in [7, 11) is 6.77. The van der Waals surface area contributed by atoms with Gasteiger partial charge in [0.05, 0.1) is 56.5 Å². The topological polar surface area (TPSA) is 66.7 Å². The van der Waals surface area contributed by atoms with E-state index in [1.807, 2.05) is 16.6 Å². The fourth-order valence-electron chi connectivity index (χ4n) is 5.25. The molecule has 2 aromatic heterocycles. The van der Waals surface area contributed by atoms with Crippen molar-refractivity contribution >= 4 is 11.2 Å². The highest BCUT2D eigenvalue weighted by atomic mass is 16.5. The van der Waals surface area contributed by atoms with E-state index in [0.29, 0.717) is 19.1 Å². The standard InChI is InChI=1S/C28H37N3O5/c1-32-16-21-12-25(34-3)27(26(13-21)35-4)23-6-5-7-24-28(22(18-33-2)29-31(23)24)30(14-19-8-9-19)15-20-10-11-36-17-20/h5-7,12-13,19-20H,8-11,14-18H2,1-4H3. The first-order valence-electron chi connectivity index (χ1n) is 12.7. The van der Waals surface area contributed by atoms with Crippen molar-refractivity contribution in [3.8, 4) is 22.8 Å². The quantitative estimate of drug-likeness (QED) is 0.365. The molecule has 8 heteroatoms. The molecule has 1 atom stereocenters. The summed E-state index contributed by atoms with van der Waals surface area (Å²) in [6.07, 6.45) is 3.70. The minimum absolute atomic E-state index is 0.444. The molecule has 3 heterocycles. The second-order valence-electron chi connectivity index (χ2n) is 9.82. The number of pyridine rings is 1. The van der Waals surface area contributed by atoms with Gasteiger partial charge >= 0.3 is 0 Å². The molecule has 0 bridgehead atoms. The Hall–Kier alpha value is -2.81. The number of hydrogen-bond acceptors (Lipinski definition) is 7. The Balaban J connectivity index is 1.65. The first-order valence-corrected chi connectivity index (χ1v) is 12.7. The van der Waals surface area contributed by atoms with E-state index in [0.717, 1.165) is 83.9 Å². The highest BCUT2D eigenvalue weighted by Gasteiger charge is 2.31. The lowest BCUT2D eigenvalue weighted by Crippen LogP contribution is -2.32. The minimum Gasteiger partial charge on any atom is -0.496 e. The molecule has 1 aliphatic heterocycles. The van der Waals surface area contributed by atoms with Gasteiger partial charge in [-0.05, 0) is 55.0 Å². The van der Waals surface area contributed by atoms with Crippen molar-refractivity contribution in [3.63, 3.8) is 0 Å². The Morgan fingerprint density at radius 1 is 0.944 bits per heavy atom. The van der Waals surface area contributed by atoms with Gasteiger partial charge in [0.25, 0.3) is 0 Å². The van der Waals surface area contributed by atoms with Gasteiger partial charge in [-0.3, -0.25) is 0 Å². The lowest BCUT2D eigenvalue weighted by molar-refractivity contribution is 0.181. The number of benzene rings is 1. The van der Waals surface area contributed by atoms with Gasteiger partial charge in [0, 0.05) is 39.8 Å². The largest absolute Gasteiger partial charge is 0.496 e. The smallest absolute Gasteiger partial charge is 0.132 e. The second-order valence-corrected chi connectivity index (χ2v) is 9.82. The summed E-state index contributed by atoms with van der Waals surface area (Å²) >= 11 is 0. The first-order chi connectivity index (χ1) is 17.7. The second kappa shape index (κ2) is 11.1. The fourth-order valence-corrected chi connectivity index (χ4v) is 5.25. The lowest BCUT2D eigenvalue weighted by atomic mass is 10.0. The number of anilines is 1. The molecule has 1 aromatic carbocycles. The molecule has 194 valence electrons. The number of ether oxygens (including phenoxy) is 5. The van der Waals surface area contributed by atoms with Crippen LogP contribution < -0.4 is 14.4 Å². The SMILES string of the molecule is COCc1cc(OC)c(-c2cccc3c(N(CC4CC4)CC4CCOC4)c(COC)nn23)c(OC)c1. The Labute approximate surface area is 213 Å². The van der Waals surface area contributed by atoms with Crippen LogP contribution in [0, 0.1) is 11.8 Å². The molecule has 8 nitrogen and oxygen atoms in total. The van der Waals surface area contributed by atoms with Gasteiger partial charge in [-0.2, -0.15) is 5.10 Å². The maximum Gasteiger partial charge on any atom is 0.132 e. The summed E-state index contributed by atoms with van der Waals surface area (Å²) in [5.74, 6) is 2.72. The minimum atomic E-state index is 0.444. The molecule has 1 saturated carbocycles. The van der Waals surface area contributed by atoms with Crippen LogP contribution in [-0.2, 0) is 27.4 Å². The lowest BCUT2D eigenvalue weighted by Gasteiger charge is -2.27. The summed E-state index contributed by atoms with van der Waals surface area (Å²) < 4.78 is 30.4. The third-order valence-electron chi connectivity index (χ3n) is 7.11. The zero-order chi connectivity index (χ0) is 25.1. The summed E-state index contributed by atoms with van der Waals surface area (Å²) in [6, 6.07) is 10.3. The molecule has 3 aromatic rings. The van der Waals surface area contributed by atoms with E-state index in [4.69, 9.17) is 28.8 Å². The van der Waals surface area contributed by atoms with Crippen molar-refractivity contribution in [3.05, 3.63) is 41.6 Å². The van der Waals surface area contributed by atoms with Crippen LogP contribution in [0.2, 0.25) is 0 Å². The van der Waals surface area contributed by atoms with E-state index in [9.17, 15) is 0 Å². The Morgan fingerprint density at radius 3 is 2.28 bits per heavy atom. The summed E-state index contributed by atoms with van der Waals surface area (Å²) in [6.45, 7) is 4.61. The molecule has 1 saturated heterocycles. The maximum atomic E-state index is 5.83. The van der Waals surface area contributed by atoms with Gasteiger partial charge in [0.1, 0.15) is 17.2 Å². The van der Waals surface area contributed by atoms with E-state index in [1.165, 1.54) is 12.8 Å². The molecule has 0 radical (unpaired) electrons. The van der Waals surface area contributed by atoms with Gasteiger partial charge in [-0.15, -0.1) is 0 Å². The molecule has 0 N–H and O–H groups in total. The average Bonchev–Trinajstić information content (AvgIpc) is 3.40. The number of methoxy groups -OCH3 is 4. The van der Waals surface area contributed by atoms with E-state index < -0.39 is 0 Å². The Kier molecular flexibility index (Phi) is 7.65. The molecular formula is C28H37N3O5. The third kappa shape index (κ3) is 5.03. The number of nitrogens with zero attached hydrogens (tertiary/aromatic N) is 3. The Morgan fingerprint density at radius 2 is 1.67 bits per heavy atom. The molecule has 5 rings (SSSR count). The fraction of sp³-hybridized carbons (Fsp3) is 0.536. The monoisotopic (exact) mass is 495 g/mol. The van der Waals surface area contributed by atoms with Gasteiger partial charge in [0.15, 0.2) is 0 Å². The number of fused-ring (bicyclic) bond motifs is 1. The van der Waals surface area contributed by atoms with Crippen molar-refractivity contribution in [2.45, 2.75) is 32.5 Å². The van der Waals surface area contributed by atoms with Crippen LogP contribution in [-0.4, -0.2) is 64.4 Å². The molecule has 36 heavy (non-hydrogen) atoms. The molecule has 1 unspecified atom stereocenters. The molecular weight excluding hydrogens is 458 g/mol. The number of hydrogen-bond donors (Lipinski definition) is 0. The summed E-state index contributed by atoms with van der Waals surface area (Å²) in [5, 5.41) is 5.09. The third-order valence-corrected chi connectivity index (χ3v) is 7.11. The Bertz CT molecular complexity index is 1160. The van der Waals surface area contributed by atoms with Crippen molar-refractivity contribution in [2.75, 3.05) is 59.6 Å². The van der Waals surface area contributed by atoms with Crippen LogP contribution in [0.1, 0.15) is 30.5 Å².